The molecule has 0 amide bonds. The van der Waals surface area contributed by atoms with Gasteiger partial charge in [0.25, 0.3) is 5.56 Å². The smallest absolute Gasteiger partial charge is 0.255 e. The third-order valence-electron chi connectivity index (χ3n) is 3.25. The summed E-state index contributed by atoms with van der Waals surface area (Å²) >= 11 is 1.70. The lowest BCUT2D eigenvalue weighted by Gasteiger charge is -2.10. The molecule has 0 radical (unpaired) electrons. The first-order valence-electron chi connectivity index (χ1n) is 6.15. The van der Waals surface area contributed by atoms with Gasteiger partial charge in [-0.15, -0.1) is 0 Å². The molecule has 6 heteroatoms. The number of H-pyrrole nitrogens is 1. The van der Waals surface area contributed by atoms with Gasteiger partial charge in [0.2, 0.25) is 0 Å². The highest BCUT2D eigenvalue weighted by Gasteiger charge is 2.19. The minimum atomic E-state index is -0.0622. The van der Waals surface area contributed by atoms with E-state index in [9.17, 15) is 4.79 Å². The number of aromatic amines is 1. The summed E-state index contributed by atoms with van der Waals surface area (Å²) in [5.74, 6) is 3.38. The third-order valence-corrected chi connectivity index (χ3v) is 4.22. The van der Waals surface area contributed by atoms with E-state index >= 15 is 0 Å². The van der Waals surface area contributed by atoms with Crippen LogP contribution in [0.4, 0.5) is 0 Å². The van der Waals surface area contributed by atoms with Crippen LogP contribution in [-0.4, -0.2) is 24.2 Å². The first kappa shape index (κ1) is 13.1. The summed E-state index contributed by atoms with van der Waals surface area (Å²) in [4.78, 5) is 19.4. The highest BCUT2D eigenvalue weighted by atomic mass is 32.2. The summed E-state index contributed by atoms with van der Waals surface area (Å²) in [6, 6.07) is 5.43. The van der Waals surface area contributed by atoms with Gasteiger partial charge in [-0.05, 0) is 12.1 Å². The van der Waals surface area contributed by atoms with Crippen molar-refractivity contribution in [1.29, 1.82) is 0 Å². The molecule has 0 atom stereocenters. The number of aromatic nitrogens is 2. The van der Waals surface area contributed by atoms with Crippen LogP contribution in [0.5, 0.6) is 11.5 Å². The molecule has 1 aliphatic heterocycles. The lowest BCUT2D eigenvalue weighted by molar-refractivity contribution is 0.395. The second kappa shape index (κ2) is 5.20. The van der Waals surface area contributed by atoms with Crippen LogP contribution in [-0.2, 0) is 11.5 Å². The average molecular weight is 290 g/mol. The molecular weight excluding hydrogens is 276 g/mol. The maximum Gasteiger partial charge on any atom is 0.255 e. The molecule has 0 aliphatic carbocycles. The van der Waals surface area contributed by atoms with Crippen molar-refractivity contribution >= 4 is 11.8 Å². The Hall–Kier alpha value is -1.95. The van der Waals surface area contributed by atoms with Crippen LogP contribution >= 0.6 is 11.8 Å². The van der Waals surface area contributed by atoms with Gasteiger partial charge in [-0.3, -0.25) is 4.79 Å². The van der Waals surface area contributed by atoms with Crippen molar-refractivity contribution in [3.63, 3.8) is 0 Å². The first-order chi connectivity index (χ1) is 9.72. The molecule has 0 saturated carbocycles. The highest BCUT2D eigenvalue weighted by Crippen LogP contribution is 2.32. The molecule has 3 rings (SSSR count). The third kappa shape index (κ3) is 2.16. The maximum atomic E-state index is 12.1. The van der Waals surface area contributed by atoms with Crippen molar-refractivity contribution in [2.45, 2.75) is 11.5 Å². The topological polar surface area (TPSA) is 64.2 Å². The van der Waals surface area contributed by atoms with Crippen molar-refractivity contribution < 1.29 is 9.47 Å². The normalized spacial score (nSPS) is 13.1. The van der Waals surface area contributed by atoms with Gasteiger partial charge >= 0.3 is 0 Å². The fourth-order valence-corrected chi connectivity index (χ4v) is 3.22. The zero-order chi connectivity index (χ0) is 14.1. The second-order valence-electron chi connectivity index (χ2n) is 4.40. The Morgan fingerprint density at radius 3 is 2.85 bits per heavy atom. The number of nitrogens with zero attached hydrogens (tertiary/aromatic N) is 1. The maximum absolute atomic E-state index is 12.1. The lowest BCUT2D eigenvalue weighted by Crippen LogP contribution is -2.15. The van der Waals surface area contributed by atoms with Crippen LogP contribution in [0.3, 0.4) is 0 Å². The van der Waals surface area contributed by atoms with Gasteiger partial charge in [0.05, 0.1) is 25.5 Å². The zero-order valence-electron chi connectivity index (χ0n) is 11.2. The molecule has 20 heavy (non-hydrogen) atoms. The summed E-state index contributed by atoms with van der Waals surface area (Å²) < 4.78 is 10.5. The number of thioether (sulfide) groups is 1. The molecule has 0 saturated heterocycles. The lowest BCUT2D eigenvalue weighted by atomic mass is 10.1. The van der Waals surface area contributed by atoms with Gasteiger partial charge < -0.3 is 14.5 Å². The van der Waals surface area contributed by atoms with E-state index in [1.807, 2.05) is 12.1 Å². The fourth-order valence-electron chi connectivity index (χ4n) is 2.18. The molecule has 5 nitrogen and oxygen atoms in total. The van der Waals surface area contributed by atoms with E-state index < -0.39 is 0 Å². The van der Waals surface area contributed by atoms with Crippen molar-refractivity contribution in [2.75, 3.05) is 14.2 Å². The minimum Gasteiger partial charge on any atom is -0.497 e. The van der Waals surface area contributed by atoms with E-state index in [1.165, 1.54) is 0 Å². The minimum absolute atomic E-state index is 0.0622. The molecule has 1 aromatic carbocycles. The number of hydrogen-bond donors (Lipinski definition) is 1. The van der Waals surface area contributed by atoms with E-state index in [2.05, 4.69) is 9.97 Å². The Morgan fingerprint density at radius 1 is 1.25 bits per heavy atom. The van der Waals surface area contributed by atoms with Crippen molar-refractivity contribution in [2.24, 2.45) is 0 Å². The monoisotopic (exact) mass is 290 g/mol. The number of rotatable bonds is 3. The number of nitrogens with one attached hydrogen (secondary N) is 1. The predicted molar refractivity (Wildman–Crippen MR) is 78.4 cm³/mol. The van der Waals surface area contributed by atoms with Crippen molar-refractivity contribution in [3.05, 3.63) is 39.8 Å². The van der Waals surface area contributed by atoms with Gasteiger partial charge in [0.1, 0.15) is 17.3 Å². The van der Waals surface area contributed by atoms with E-state index in [1.54, 1.807) is 32.0 Å². The Morgan fingerprint density at radius 2 is 2.10 bits per heavy atom. The largest absolute Gasteiger partial charge is 0.497 e. The molecule has 1 aromatic heterocycles. The fraction of sp³-hybridized carbons (Fsp3) is 0.286. The van der Waals surface area contributed by atoms with E-state index in [0.29, 0.717) is 17.3 Å². The van der Waals surface area contributed by atoms with E-state index in [0.717, 1.165) is 28.3 Å². The summed E-state index contributed by atoms with van der Waals surface area (Å²) in [6.45, 7) is 0. The van der Waals surface area contributed by atoms with E-state index in [-0.39, 0.29) is 5.56 Å². The highest BCUT2D eigenvalue weighted by molar-refractivity contribution is 7.98. The number of hydrogen-bond acceptors (Lipinski definition) is 5. The van der Waals surface area contributed by atoms with Gasteiger partial charge in [0.15, 0.2) is 0 Å². The summed E-state index contributed by atoms with van der Waals surface area (Å²) in [6.07, 6.45) is 0. The average Bonchev–Trinajstić information content (AvgIpc) is 2.95. The Bertz CT molecular complexity index is 712. The van der Waals surface area contributed by atoms with Crippen LogP contribution in [0.1, 0.15) is 11.3 Å². The van der Waals surface area contributed by atoms with Crippen LogP contribution in [0.25, 0.3) is 11.4 Å². The molecule has 2 heterocycles. The zero-order valence-corrected chi connectivity index (χ0v) is 12.0. The summed E-state index contributed by atoms with van der Waals surface area (Å²) in [5.41, 5.74) is 2.34. The number of fused-ring (bicyclic) bond motifs is 1. The van der Waals surface area contributed by atoms with Gasteiger partial charge in [-0.25, -0.2) is 4.98 Å². The number of ether oxygens (including phenoxy) is 2. The standard InChI is InChI=1S/C14H14N2O3S/c1-18-8-3-4-9(12(5-8)19-2)13-15-11-7-20-6-10(11)14(17)16-13/h3-5H,6-7H2,1-2H3,(H,15,16,17). The Balaban J connectivity index is 2.14. The molecule has 1 aliphatic rings. The number of benzene rings is 1. The van der Waals surface area contributed by atoms with Crippen LogP contribution in [0, 0.1) is 0 Å². The SMILES string of the molecule is COc1ccc(-c2nc3c(c(=O)[nH]2)CSC3)c(OC)c1. The van der Waals surface area contributed by atoms with Crippen molar-refractivity contribution in [3.8, 4) is 22.9 Å². The van der Waals surface area contributed by atoms with Crippen LogP contribution < -0.4 is 15.0 Å². The molecule has 0 unspecified atom stereocenters. The summed E-state index contributed by atoms with van der Waals surface area (Å²) in [7, 11) is 3.18. The quantitative estimate of drug-likeness (QED) is 0.939. The van der Waals surface area contributed by atoms with Crippen molar-refractivity contribution in [1.82, 2.24) is 9.97 Å². The molecule has 0 spiro atoms. The first-order valence-corrected chi connectivity index (χ1v) is 7.30. The summed E-state index contributed by atoms with van der Waals surface area (Å²) in [5, 5.41) is 0. The van der Waals surface area contributed by atoms with Crippen LogP contribution in [0.15, 0.2) is 23.0 Å². The van der Waals surface area contributed by atoms with Crippen LogP contribution in [0.2, 0.25) is 0 Å². The Labute approximate surface area is 120 Å². The van der Waals surface area contributed by atoms with E-state index in [4.69, 9.17) is 9.47 Å². The van der Waals surface area contributed by atoms with Gasteiger partial charge in [-0.2, -0.15) is 11.8 Å². The molecule has 0 bridgehead atoms. The molecule has 2 aromatic rings. The molecule has 104 valence electrons. The van der Waals surface area contributed by atoms with Gasteiger partial charge in [0, 0.05) is 23.1 Å². The molecular formula is C14H14N2O3S. The predicted octanol–water partition coefficient (Wildman–Crippen LogP) is 2.20. The number of methoxy groups -OCH3 is 2. The molecule has 0 fully saturated rings. The second-order valence-corrected chi connectivity index (χ2v) is 5.38. The van der Waals surface area contributed by atoms with Gasteiger partial charge in [-0.1, -0.05) is 0 Å². The Kier molecular flexibility index (Phi) is 3.40. The molecule has 1 N–H and O–H groups in total.